The molecule has 0 aromatic heterocycles. The number of benzene rings is 6. The maximum absolute atomic E-state index is 9.44. The Morgan fingerprint density at radius 1 is 0.481 bits per heavy atom. The van der Waals surface area contributed by atoms with E-state index in [1.54, 1.807) is 9.21 Å². The van der Waals surface area contributed by atoms with E-state index >= 15 is 0 Å². The first-order valence-electron chi connectivity index (χ1n) is 16.2. The minimum absolute atomic E-state index is 0.167. The molecule has 10 nitrogen and oxygen atoms in total. The van der Waals surface area contributed by atoms with Gasteiger partial charge in [0.1, 0.15) is 40.3 Å². The summed E-state index contributed by atoms with van der Waals surface area (Å²) in [5.74, 6) is 3.44. The van der Waals surface area contributed by atoms with Crippen molar-refractivity contribution in [2.75, 3.05) is 0 Å². The number of hydrogen-bond acceptors (Lipinski definition) is 10. The number of carbonyl (C=O) groups excluding carboxylic acids is 1. The zero-order valence-electron chi connectivity index (χ0n) is 28.4. The van der Waals surface area contributed by atoms with Gasteiger partial charge in [0.15, 0.2) is 0 Å². The van der Waals surface area contributed by atoms with Crippen molar-refractivity contribution in [1.29, 1.82) is 0 Å². The number of ketones is 1. The number of hydrogen-bond donors (Lipinski definition) is 0. The van der Waals surface area contributed by atoms with E-state index in [1.165, 1.54) is 13.8 Å². The molecule has 0 spiro atoms. The molecule has 6 aromatic rings. The van der Waals surface area contributed by atoms with Gasteiger partial charge >= 0.3 is 24.6 Å². The summed E-state index contributed by atoms with van der Waals surface area (Å²) in [5, 5.41) is 0. The second-order valence-electron chi connectivity index (χ2n) is 10.9. The summed E-state index contributed by atoms with van der Waals surface area (Å²) in [4.78, 5) is 22.8. The summed E-state index contributed by atoms with van der Waals surface area (Å²) < 4.78 is 35.7. The highest BCUT2D eigenvalue weighted by Gasteiger charge is 2.58. The molecule has 1 aliphatic heterocycles. The molecule has 0 saturated heterocycles. The maximum Gasteiger partial charge on any atom is 0.447 e. The minimum Gasteiger partial charge on any atom is -0.440 e. The summed E-state index contributed by atoms with van der Waals surface area (Å²) >= 11 is 0. The van der Waals surface area contributed by atoms with Crippen LogP contribution in [0.25, 0.3) is 0 Å². The lowest BCUT2D eigenvalue weighted by atomic mass is 10.3. The van der Waals surface area contributed by atoms with Crippen molar-refractivity contribution in [2.45, 2.75) is 13.8 Å². The van der Waals surface area contributed by atoms with Gasteiger partial charge in [-0.1, -0.05) is 109 Å². The third-order valence-electron chi connectivity index (χ3n) is 6.50. The van der Waals surface area contributed by atoms with E-state index in [9.17, 15) is 4.79 Å². The second kappa shape index (κ2) is 18.3. The van der Waals surface area contributed by atoms with Crippen LogP contribution in [0.4, 0.5) is 0 Å². The highest BCUT2D eigenvalue weighted by Crippen LogP contribution is 2.77. The molecule has 2 unspecified atom stereocenters. The highest BCUT2D eigenvalue weighted by atomic mass is 31.3. The van der Waals surface area contributed by atoms with Crippen LogP contribution in [0, 0.1) is 0 Å². The number of carbonyl (C=O) groups is 1. The largest absolute Gasteiger partial charge is 0.447 e. The first-order valence-corrected chi connectivity index (χ1v) is 20.0. The van der Waals surface area contributed by atoms with Crippen LogP contribution in [0.15, 0.2) is 187 Å². The summed E-state index contributed by atoms with van der Waals surface area (Å²) in [5.41, 5.74) is 0. The molecule has 0 bridgehead atoms. The number of Topliss-reactive ketones (excluding diaryl/α,β-unsaturated/α-hetero) is 1. The van der Waals surface area contributed by atoms with Crippen LogP contribution >= 0.6 is 24.6 Å². The van der Waals surface area contributed by atoms with Crippen LogP contribution in [-0.2, 0) is 4.79 Å². The molecule has 0 fully saturated rings. The van der Waals surface area contributed by atoms with Crippen LogP contribution in [0.2, 0.25) is 0 Å². The Labute approximate surface area is 306 Å². The Morgan fingerprint density at radius 3 is 1.21 bits per heavy atom. The summed E-state index contributed by atoms with van der Waals surface area (Å²) in [7, 11) is -7.86. The van der Waals surface area contributed by atoms with Gasteiger partial charge in [0, 0.05) is 9.21 Å². The molecule has 0 aliphatic carbocycles. The van der Waals surface area contributed by atoms with E-state index in [0.717, 1.165) is 0 Å². The van der Waals surface area contributed by atoms with E-state index < -0.39 is 24.6 Å². The SMILES string of the molecule is CC(C)=O.c1ccc(ON2P(Oc3ccccc3)N=P(Oc3ccccc3)(Oc3ccccc3)N(Oc3ccccc3)P2Oc2ccccc2)cc1. The van der Waals surface area contributed by atoms with Gasteiger partial charge in [-0.15, -0.1) is 4.52 Å². The van der Waals surface area contributed by atoms with Gasteiger partial charge in [-0.05, 0) is 86.6 Å². The summed E-state index contributed by atoms with van der Waals surface area (Å²) in [6, 6.07) is 56.4. The maximum atomic E-state index is 9.44. The fraction of sp³-hybridized carbons (Fsp3) is 0.0513. The van der Waals surface area contributed by atoms with E-state index in [-0.39, 0.29) is 5.78 Å². The zero-order chi connectivity index (χ0) is 36.0. The highest BCUT2D eigenvalue weighted by molar-refractivity contribution is 7.78. The monoisotopic (exact) mass is 751 g/mol. The smallest absolute Gasteiger partial charge is 0.440 e. The normalized spacial score (nSPS) is 16.5. The standard InChI is InChI=1S/C36H30N3O6P3.C3H6O/c1-7-19-31(20-8-1)40-38-46(42-33-23-11-3-12-24-33)37-48(44-35-27-15-5-16-28-35,45-36-29-17-6-18-30-36)39(41-32-21-9-2-10-22-32)47(38)43-34-25-13-4-14-26-34;1-3(2)4/h1-30H;1-2H3. The minimum atomic E-state index is -3.72. The predicted molar refractivity (Wildman–Crippen MR) is 206 cm³/mol. The third-order valence-corrected chi connectivity index (χ3v) is 13.4. The Kier molecular flexibility index (Phi) is 12.9. The molecule has 52 heavy (non-hydrogen) atoms. The Balaban J connectivity index is 0.00000110. The van der Waals surface area contributed by atoms with Crippen LogP contribution in [0.5, 0.6) is 34.5 Å². The molecule has 1 heterocycles. The van der Waals surface area contributed by atoms with Gasteiger partial charge in [0.05, 0.1) is 0 Å². The van der Waals surface area contributed by atoms with Crippen molar-refractivity contribution in [2.24, 2.45) is 4.52 Å². The molecule has 0 amide bonds. The topological polar surface area (TPSA) is 91.3 Å². The van der Waals surface area contributed by atoms with Crippen LogP contribution in [0.3, 0.4) is 0 Å². The molecule has 13 heteroatoms. The molecular weight excluding hydrogens is 715 g/mol. The lowest BCUT2D eigenvalue weighted by Gasteiger charge is -2.43. The van der Waals surface area contributed by atoms with Crippen LogP contribution < -0.4 is 27.8 Å². The van der Waals surface area contributed by atoms with Gasteiger partial charge in [0.2, 0.25) is 0 Å². The molecule has 0 radical (unpaired) electrons. The molecule has 7 rings (SSSR count). The van der Waals surface area contributed by atoms with Crippen molar-refractivity contribution in [3.05, 3.63) is 182 Å². The lowest BCUT2D eigenvalue weighted by molar-refractivity contribution is -0.115. The van der Waals surface area contributed by atoms with Gasteiger partial charge in [-0.25, -0.2) is 0 Å². The first-order chi connectivity index (χ1) is 25.5. The summed E-state index contributed by atoms with van der Waals surface area (Å²) in [6.07, 6.45) is 0. The van der Waals surface area contributed by atoms with Gasteiger partial charge in [-0.2, -0.15) is 0 Å². The Hall–Kier alpha value is -5.20. The number of para-hydroxylation sites is 6. The molecule has 2 atom stereocenters. The van der Waals surface area contributed by atoms with E-state index in [1.807, 2.05) is 182 Å². The van der Waals surface area contributed by atoms with E-state index in [4.69, 9.17) is 32.3 Å². The van der Waals surface area contributed by atoms with Crippen molar-refractivity contribution in [3.8, 4) is 34.5 Å². The quantitative estimate of drug-likeness (QED) is 0.113. The van der Waals surface area contributed by atoms with Gasteiger partial charge in [-0.3, -0.25) is 0 Å². The molecule has 0 saturated carbocycles. The van der Waals surface area contributed by atoms with Crippen molar-refractivity contribution in [1.82, 2.24) is 9.21 Å². The van der Waals surface area contributed by atoms with Gasteiger partial charge in [0.25, 0.3) is 0 Å². The lowest BCUT2D eigenvalue weighted by Crippen LogP contribution is -2.37. The molecule has 1 aliphatic rings. The van der Waals surface area contributed by atoms with Crippen LogP contribution in [0.1, 0.15) is 13.8 Å². The third kappa shape index (κ3) is 10.2. The van der Waals surface area contributed by atoms with Crippen molar-refractivity contribution >= 4 is 30.3 Å². The molecule has 264 valence electrons. The molecule has 6 aromatic carbocycles. The predicted octanol–water partition coefficient (Wildman–Crippen LogP) is 11.9. The van der Waals surface area contributed by atoms with Gasteiger partial charge < -0.3 is 32.6 Å². The van der Waals surface area contributed by atoms with Crippen molar-refractivity contribution < 1.29 is 32.6 Å². The fourth-order valence-electron chi connectivity index (χ4n) is 4.34. The molecular formula is C39H36N3O7P3. The van der Waals surface area contributed by atoms with E-state index in [0.29, 0.717) is 34.5 Å². The average Bonchev–Trinajstić information content (AvgIpc) is 3.17. The first kappa shape index (κ1) is 36.6. The summed E-state index contributed by atoms with van der Waals surface area (Å²) in [6.45, 7) is 3.06. The average molecular weight is 752 g/mol. The second-order valence-corrected chi connectivity index (χ2v) is 16.4. The number of rotatable bonds is 12. The Bertz CT molecular complexity index is 1970. The fourth-order valence-corrected chi connectivity index (χ4v) is 11.8. The van der Waals surface area contributed by atoms with Crippen LogP contribution in [-0.4, -0.2) is 15.0 Å². The number of nitrogens with zero attached hydrogens (tertiary/aromatic N) is 3. The van der Waals surface area contributed by atoms with E-state index in [2.05, 4.69) is 0 Å². The van der Waals surface area contributed by atoms with Crippen molar-refractivity contribution in [3.63, 3.8) is 0 Å². The zero-order valence-corrected chi connectivity index (χ0v) is 31.0. The Morgan fingerprint density at radius 2 is 0.808 bits per heavy atom. The molecule has 0 N–H and O–H groups in total.